The minimum absolute atomic E-state index is 0.0826. The number of anilines is 1. The number of aliphatic hydroxyl groups is 1. The molecule has 1 spiro atoms. The third kappa shape index (κ3) is 4.66. The number of aliphatic hydroxyl groups excluding tert-OH is 1. The van der Waals surface area contributed by atoms with Crippen LogP contribution in [0.1, 0.15) is 47.2 Å². The molecule has 0 saturated heterocycles. The van der Waals surface area contributed by atoms with E-state index in [9.17, 15) is 14.1 Å². The number of halogens is 1. The van der Waals surface area contributed by atoms with Gasteiger partial charge >= 0.3 is 0 Å². The highest BCUT2D eigenvalue weighted by atomic mass is 35.5. The number of benzene rings is 2. The van der Waals surface area contributed by atoms with Crippen LogP contribution < -0.4 is 14.4 Å². The Balaban J connectivity index is 1.44. The van der Waals surface area contributed by atoms with Gasteiger partial charge in [0.15, 0.2) is 0 Å². The fourth-order valence-electron chi connectivity index (χ4n) is 6.57. The van der Waals surface area contributed by atoms with Crippen LogP contribution in [0.15, 0.2) is 48.6 Å². The van der Waals surface area contributed by atoms with Crippen LogP contribution in [-0.2, 0) is 21.5 Å². The van der Waals surface area contributed by atoms with E-state index in [4.69, 9.17) is 16.3 Å². The van der Waals surface area contributed by atoms with Gasteiger partial charge in [-0.05, 0) is 91.3 Å². The predicted octanol–water partition coefficient (Wildman–Crippen LogP) is 4.13. The van der Waals surface area contributed by atoms with E-state index in [1.807, 2.05) is 18.2 Å². The van der Waals surface area contributed by atoms with Crippen LogP contribution in [0.5, 0.6) is 5.75 Å². The lowest BCUT2D eigenvalue weighted by atomic mass is 9.68. The van der Waals surface area contributed by atoms with Crippen LogP contribution in [0.4, 0.5) is 5.69 Å². The monoisotopic (exact) mass is 540 g/mol. The lowest BCUT2D eigenvalue weighted by Gasteiger charge is -2.45. The van der Waals surface area contributed by atoms with Crippen molar-refractivity contribution >= 4 is 38.8 Å². The molecule has 6 nitrogen and oxygen atoms in total. The molecule has 2 heterocycles. The summed E-state index contributed by atoms with van der Waals surface area (Å²) in [6, 6.07) is 11.7. The van der Waals surface area contributed by atoms with Crippen molar-refractivity contribution in [3.8, 4) is 5.75 Å². The average Bonchev–Trinajstić information content (AvgIpc) is 2.98. The minimum Gasteiger partial charge on any atom is -0.490 e. The summed E-state index contributed by atoms with van der Waals surface area (Å²) in [5.41, 5.74) is 3.67. The first-order valence-corrected chi connectivity index (χ1v) is 15.3. The van der Waals surface area contributed by atoms with E-state index >= 15 is 0 Å². The highest BCUT2D eigenvalue weighted by Crippen LogP contribution is 2.46. The van der Waals surface area contributed by atoms with Gasteiger partial charge < -0.3 is 14.7 Å². The van der Waals surface area contributed by atoms with Gasteiger partial charge in [0.2, 0.25) is 0 Å². The smallest absolute Gasteiger partial charge is 0.262 e. The van der Waals surface area contributed by atoms with E-state index in [2.05, 4.69) is 27.6 Å². The summed E-state index contributed by atoms with van der Waals surface area (Å²) in [5, 5.41) is 11.7. The number of carbonyl (C=O) groups is 1. The van der Waals surface area contributed by atoms with Gasteiger partial charge in [0.1, 0.15) is 5.75 Å². The maximum Gasteiger partial charge on any atom is 0.262 e. The highest BCUT2D eigenvalue weighted by molar-refractivity contribution is 7.99. The largest absolute Gasteiger partial charge is 0.490 e. The maximum absolute atomic E-state index is 13.1. The summed E-state index contributed by atoms with van der Waals surface area (Å²) in [7, 11) is -2.88. The molecule has 8 heteroatoms. The second kappa shape index (κ2) is 9.37. The average molecular weight is 541 g/mol. The van der Waals surface area contributed by atoms with Crippen LogP contribution in [0.25, 0.3) is 0 Å². The van der Waals surface area contributed by atoms with Gasteiger partial charge in [0, 0.05) is 29.1 Å². The quantitative estimate of drug-likeness (QED) is 0.388. The Morgan fingerprint density at radius 1 is 1.22 bits per heavy atom. The van der Waals surface area contributed by atoms with Crippen molar-refractivity contribution in [2.75, 3.05) is 30.3 Å². The number of rotatable bonds is 0. The van der Waals surface area contributed by atoms with Crippen LogP contribution in [0.3, 0.4) is 0 Å². The first-order chi connectivity index (χ1) is 17.7. The number of nitrogens with one attached hydrogen (secondary N) is 1. The Kier molecular flexibility index (Phi) is 6.29. The van der Waals surface area contributed by atoms with Crippen molar-refractivity contribution in [1.82, 2.24) is 4.72 Å². The van der Waals surface area contributed by atoms with E-state index in [-0.39, 0.29) is 17.1 Å². The molecule has 1 fully saturated rings. The Morgan fingerprint density at radius 2 is 2.08 bits per heavy atom. The first kappa shape index (κ1) is 24.8. The van der Waals surface area contributed by atoms with Gasteiger partial charge in [-0.2, -0.15) is 0 Å². The molecule has 2 aliphatic heterocycles. The van der Waals surface area contributed by atoms with E-state index in [1.165, 1.54) is 11.1 Å². The number of carbonyl (C=O) groups excluding carboxylic acids is 1. The second-order valence-electron chi connectivity index (χ2n) is 11.1. The third-order valence-corrected chi connectivity index (χ3v) is 10.2. The van der Waals surface area contributed by atoms with Gasteiger partial charge in [-0.25, -0.2) is 4.21 Å². The van der Waals surface area contributed by atoms with Gasteiger partial charge in [0.05, 0.1) is 33.9 Å². The van der Waals surface area contributed by atoms with E-state index in [0.29, 0.717) is 18.1 Å². The molecule has 2 N–H and O–H groups in total. The van der Waals surface area contributed by atoms with E-state index in [0.717, 1.165) is 61.7 Å². The number of aryl methyl sites for hydroxylation is 1. The summed E-state index contributed by atoms with van der Waals surface area (Å²) < 4.78 is 22.0. The molecule has 2 aromatic rings. The van der Waals surface area contributed by atoms with Gasteiger partial charge in [-0.3, -0.25) is 9.52 Å². The summed E-state index contributed by atoms with van der Waals surface area (Å²) >= 11 is 6.36. The van der Waals surface area contributed by atoms with Crippen molar-refractivity contribution < 1.29 is 18.8 Å². The van der Waals surface area contributed by atoms with Crippen LogP contribution >= 0.6 is 11.6 Å². The number of hydrogen-bond donors (Lipinski definition) is 2. The molecule has 6 rings (SSSR count). The predicted molar refractivity (Wildman–Crippen MR) is 149 cm³/mol. The zero-order valence-corrected chi connectivity index (χ0v) is 22.4. The van der Waals surface area contributed by atoms with Crippen LogP contribution in [0, 0.1) is 11.8 Å². The molecule has 5 atom stereocenters. The van der Waals surface area contributed by atoms with Crippen LogP contribution in [-0.4, -0.2) is 52.6 Å². The van der Waals surface area contributed by atoms with Crippen molar-refractivity contribution in [2.45, 2.75) is 43.6 Å². The maximum atomic E-state index is 13.1. The first-order valence-electron chi connectivity index (χ1n) is 13.1. The normalized spacial score (nSPS) is 34.1. The molecule has 2 aliphatic carbocycles. The molecule has 1 saturated carbocycles. The number of ether oxygens (including phenoxy) is 1. The molecule has 0 radical (unpaired) electrons. The van der Waals surface area contributed by atoms with Gasteiger partial charge in [-0.1, -0.05) is 29.8 Å². The summed E-state index contributed by atoms with van der Waals surface area (Å²) in [4.78, 5) is 15.4. The van der Waals surface area contributed by atoms with Crippen molar-refractivity contribution in [1.29, 1.82) is 0 Å². The fourth-order valence-corrected chi connectivity index (χ4v) is 7.73. The minimum atomic E-state index is -2.88. The summed E-state index contributed by atoms with van der Waals surface area (Å²) in [6.45, 7) is 2.07. The Labute approximate surface area is 223 Å². The molecule has 2 aromatic carbocycles. The van der Waals surface area contributed by atoms with Crippen LogP contribution in [0.2, 0.25) is 5.02 Å². The number of hydrogen-bond acceptors (Lipinski definition) is 5. The number of fused-ring (bicyclic) bond motifs is 4. The Morgan fingerprint density at radius 3 is 2.89 bits per heavy atom. The molecule has 4 aliphatic rings. The van der Waals surface area contributed by atoms with Gasteiger partial charge in [0.25, 0.3) is 5.91 Å². The second-order valence-corrected chi connectivity index (χ2v) is 13.7. The van der Waals surface area contributed by atoms with Gasteiger partial charge in [-0.15, -0.1) is 0 Å². The molecule has 196 valence electrons. The highest BCUT2D eigenvalue weighted by Gasteiger charge is 2.44. The fraction of sp³-hybridized carbons (Fsp3) is 0.448. The molecule has 0 aromatic heterocycles. The number of amides is 1. The molecule has 2 bridgehead atoms. The lowest BCUT2D eigenvalue weighted by molar-refractivity contribution is 0.0457. The lowest BCUT2D eigenvalue weighted by Crippen LogP contribution is -2.49. The van der Waals surface area contributed by atoms with Crippen molar-refractivity contribution in [2.24, 2.45) is 11.8 Å². The molecule has 1 amide bonds. The number of nitrogens with zero attached hydrogens (tertiary/aromatic N) is 1. The molecular weight excluding hydrogens is 508 g/mol. The standard InChI is InChI=1S/C29H33ClN2O4S/c1-37(35)13-3-5-26(33)23-9-6-21(23)16-32-17-29(12-2-4-19-14-22(30)8-10-24(19)29)18-36-27-11-7-20(15-25(27)32)28(34)31-37/h3,5,7-8,10-11,14-15,21,23,26,33H,1-2,4,6,9,12-13,16-18H2,(H,31,34,35)/b5-3+/t21-,23+,26-,29-,37?/m0/s1. The molecular formula is C29H33ClN2O4S. The zero-order chi connectivity index (χ0) is 25.8. The van der Waals surface area contributed by atoms with Crippen molar-refractivity contribution in [3.63, 3.8) is 0 Å². The van der Waals surface area contributed by atoms with E-state index in [1.54, 1.807) is 18.2 Å². The molecule has 37 heavy (non-hydrogen) atoms. The SMILES string of the molecule is C=S1(=O)C/C=C/[C@H](O)[C@@H]2CC[C@H]2CN2C[C@@]3(CCCc4cc(Cl)ccc43)COc3ccc(cc32)C(=O)N1. The third-order valence-electron chi connectivity index (χ3n) is 8.65. The van der Waals surface area contributed by atoms with Crippen molar-refractivity contribution in [3.05, 3.63) is 70.3 Å². The Bertz CT molecular complexity index is 1370. The summed E-state index contributed by atoms with van der Waals surface area (Å²) in [5.74, 6) is 4.59. The molecule has 1 unspecified atom stereocenters. The van der Waals surface area contributed by atoms with E-state index < -0.39 is 21.7 Å². The topological polar surface area (TPSA) is 78.9 Å². The summed E-state index contributed by atoms with van der Waals surface area (Å²) in [6.07, 6.45) is 7.85. The Hall–Kier alpha value is -2.48. The zero-order valence-electron chi connectivity index (χ0n) is 20.8.